The van der Waals surface area contributed by atoms with Gasteiger partial charge in [-0.1, -0.05) is 0 Å². The minimum atomic E-state index is -2.85. The fraction of sp³-hybridized carbons (Fsp3) is 0.500. The van der Waals surface area contributed by atoms with Crippen molar-refractivity contribution in [3.8, 4) is 5.75 Å². The highest BCUT2D eigenvalue weighted by Crippen LogP contribution is 2.15. The molecule has 1 amide bonds. The van der Waals surface area contributed by atoms with Crippen molar-refractivity contribution in [2.75, 3.05) is 19.6 Å². The Morgan fingerprint density at radius 1 is 1.38 bits per heavy atom. The van der Waals surface area contributed by atoms with Crippen LogP contribution in [-0.2, 0) is 0 Å². The lowest BCUT2D eigenvalue weighted by molar-refractivity contribution is -0.0498. The molecular formula is C14H19ClF2N2O2. The third-order valence-electron chi connectivity index (χ3n) is 3.29. The molecule has 1 heterocycles. The van der Waals surface area contributed by atoms with Crippen LogP contribution in [0.15, 0.2) is 24.3 Å². The Morgan fingerprint density at radius 3 is 2.67 bits per heavy atom. The molecule has 1 fully saturated rings. The molecule has 7 heteroatoms. The number of alkyl halides is 2. The number of carbonyl (C=O) groups is 1. The number of nitrogens with one attached hydrogen (secondary N) is 2. The Bertz CT molecular complexity index is 437. The normalized spacial score (nSPS) is 18.0. The Labute approximate surface area is 128 Å². The topological polar surface area (TPSA) is 50.4 Å². The number of ether oxygens (including phenoxy) is 1. The molecule has 1 unspecified atom stereocenters. The van der Waals surface area contributed by atoms with Gasteiger partial charge in [0.1, 0.15) is 5.75 Å². The average Bonchev–Trinajstić information content (AvgIpc) is 2.46. The highest BCUT2D eigenvalue weighted by molar-refractivity contribution is 5.94. The quantitative estimate of drug-likeness (QED) is 0.876. The molecule has 0 bridgehead atoms. The lowest BCUT2D eigenvalue weighted by atomic mass is 10.00. The van der Waals surface area contributed by atoms with E-state index in [0.29, 0.717) is 18.0 Å². The third kappa shape index (κ3) is 5.85. The molecule has 0 aromatic heterocycles. The number of piperidine rings is 1. The number of halogens is 3. The van der Waals surface area contributed by atoms with Crippen LogP contribution in [0.25, 0.3) is 0 Å². The third-order valence-corrected chi connectivity index (χ3v) is 3.29. The summed E-state index contributed by atoms with van der Waals surface area (Å²) < 4.78 is 28.2. The molecule has 1 aromatic carbocycles. The van der Waals surface area contributed by atoms with Crippen molar-refractivity contribution in [2.45, 2.75) is 19.5 Å². The van der Waals surface area contributed by atoms with E-state index in [0.717, 1.165) is 25.9 Å². The molecule has 1 aliphatic heterocycles. The standard InChI is InChI=1S/C14H18F2N2O2.ClH/c15-14(16)20-12-5-3-11(4-6-12)13(19)18-9-10-2-1-7-17-8-10;/h3-6,10,14,17H,1-2,7-9H2,(H,18,19);1H. The number of carbonyl (C=O) groups excluding carboxylic acids is 1. The van der Waals surface area contributed by atoms with E-state index in [1.807, 2.05) is 0 Å². The molecule has 1 atom stereocenters. The van der Waals surface area contributed by atoms with E-state index in [9.17, 15) is 13.6 Å². The molecule has 0 saturated carbocycles. The van der Waals surface area contributed by atoms with Crippen molar-refractivity contribution in [1.29, 1.82) is 0 Å². The van der Waals surface area contributed by atoms with E-state index in [1.54, 1.807) is 0 Å². The first kappa shape index (κ1) is 17.7. The Balaban J connectivity index is 0.00000220. The second-order valence-electron chi connectivity index (χ2n) is 4.83. The summed E-state index contributed by atoms with van der Waals surface area (Å²) in [6, 6.07) is 5.69. The lowest BCUT2D eigenvalue weighted by Crippen LogP contribution is -2.38. The number of rotatable bonds is 5. The first-order valence-corrected chi connectivity index (χ1v) is 6.69. The van der Waals surface area contributed by atoms with Gasteiger partial charge < -0.3 is 15.4 Å². The number of amides is 1. The van der Waals surface area contributed by atoms with E-state index < -0.39 is 6.61 Å². The zero-order valence-electron chi connectivity index (χ0n) is 11.5. The van der Waals surface area contributed by atoms with Crippen LogP contribution >= 0.6 is 12.4 Å². The predicted octanol–water partition coefficient (Wildman–Crippen LogP) is 2.44. The smallest absolute Gasteiger partial charge is 0.387 e. The number of hydrogen-bond donors (Lipinski definition) is 2. The monoisotopic (exact) mass is 320 g/mol. The molecule has 2 rings (SSSR count). The van der Waals surface area contributed by atoms with Gasteiger partial charge in [-0.15, -0.1) is 12.4 Å². The molecule has 1 aromatic rings. The van der Waals surface area contributed by atoms with Gasteiger partial charge in [-0.3, -0.25) is 4.79 Å². The summed E-state index contributed by atoms with van der Waals surface area (Å²) in [5, 5.41) is 6.15. The van der Waals surface area contributed by atoms with Crippen molar-refractivity contribution in [1.82, 2.24) is 10.6 Å². The van der Waals surface area contributed by atoms with Gasteiger partial charge in [-0.05, 0) is 56.1 Å². The van der Waals surface area contributed by atoms with Crippen LogP contribution in [-0.4, -0.2) is 32.2 Å². The first-order valence-electron chi connectivity index (χ1n) is 6.69. The second-order valence-corrected chi connectivity index (χ2v) is 4.83. The van der Waals surface area contributed by atoms with E-state index in [2.05, 4.69) is 15.4 Å². The van der Waals surface area contributed by atoms with Gasteiger partial charge in [0.05, 0.1) is 0 Å². The van der Waals surface area contributed by atoms with Crippen LogP contribution in [0.1, 0.15) is 23.2 Å². The molecule has 0 spiro atoms. The van der Waals surface area contributed by atoms with Crippen LogP contribution in [0.2, 0.25) is 0 Å². The summed E-state index contributed by atoms with van der Waals surface area (Å²) in [5.41, 5.74) is 0.440. The largest absolute Gasteiger partial charge is 0.435 e. The van der Waals surface area contributed by atoms with Gasteiger partial charge in [-0.2, -0.15) is 8.78 Å². The SMILES string of the molecule is Cl.O=C(NCC1CCCNC1)c1ccc(OC(F)F)cc1. The van der Waals surface area contributed by atoms with Gasteiger partial charge in [0.25, 0.3) is 5.91 Å². The number of benzene rings is 1. The van der Waals surface area contributed by atoms with E-state index in [4.69, 9.17) is 0 Å². The fourth-order valence-corrected chi connectivity index (χ4v) is 2.23. The predicted molar refractivity (Wildman–Crippen MR) is 78.2 cm³/mol. The second kappa shape index (κ2) is 8.79. The summed E-state index contributed by atoms with van der Waals surface area (Å²) in [7, 11) is 0. The molecular weight excluding hydrogens is 302 g/mol. The summed E-state index contributed by atoms with van der Waals surface area (Å²) in [6.45, 7) is -0.271. The van der Waals surface area contributed by atoms with Crippen molar-refractivity contribution in [3.63, 3.8) is 0 Å². The van der Waals surface area contributed by atoms with Crippen molar-refractivity contribution in [2.24, 2.45) is 5.92 Å². The minimum Gasteiger partial charge on any atom is -0.435 e. The Morgan fingerprint density at radius 2 is 2.10 bits per heavy atom. The minimum absolute atomic E-state index is 0. The average molecular weight is 321 g/mol. The number of hydrogen-bond acceptors (Lipinski definition) is 3. The Kier molecular flexibility index (Phi) is 7.39. The van der Waals surface area contributed by atoms with Crippen LogP contribution in [0.3, 0.4) is 0 Å². The maximum Gasteiger partial charge on any atom is 0.387 e. The van der Waals surface area contributed by atoms with E-state index >= 15 is 0 Å². The van der Waals surface area contributed by atoms with Crippen LogP contribution in [0.4, 0.5) is 8.78 Å². The molecule has 1 aliphatic rings. The van der Waals surface area contributed by atoms with Gasteiger partial charge >= 0.3 is 6.61 Å². The summed E-state index contributed by atoms with van der Waals surface area (Å²) in [6.07, 6.45) is 2.23. The van der Waals surface area contributed by atoms with Gasteiger partial charge in [0.2, 0.25) is 0 Å². The van der Waals surface area contributed by atoms with Crippen LogP contribution in [0.5, 0.6) is 5.75 Å². The van der Waals surface area contributed by atoms with Crippen LogP contribution in [0, 0.1) is 5.92 Å². The fourth-order valence-electron chi connectivity index (χ4n) is 2.23. The molecule has 2 N–H and O–H groups in total. The van der Waals surface area contributed by atoms with Crippen molar-refractivity contribution < 1.29 is 18.3 Å². The molecule has 21 heavy (non-hydrogen) atoms. The summed E-state index contributed by atoms with van der Waals surface area (Å²) >= 11 is 0. The zero-order chi connectivity index (χ0) is 14.4. The van der Waals surface area contributed by atoms with E-state index in [-0.39, 0.29) is 24.1 Å². The summed E-state index contributed by atoms with van der Waals surface area (Å²) in [4.78, 5) is 11.9. The van der Waals surface area contributed by atoms with Gasteiger partial charge in [-0.25, -0.2) is 0 Å². The highest BCUT2D eigenvalue weighted by Gasteiger charge is 2.14. The highest BCUT2D eigenvalue weighted by atomic mass is 35.5. The van der Waals surface area contributed by atoms with Crippen molar-refractivity contribution >= 4 is 18.3 Å². The first-order chi connectivity index (χ1) is 9.65. The lowest BCUT2D eigenvalue weighted by Gasteiger charge is -2.22. The molecule has 0 radical (unpaired) electrons. The zero-order valence-corrected chi connectivity index (χ0v) is 12.3. The molecule has 1 saturated heterocycles. The van der Waals surface area contributed by atoms with Crippen molar-refractivity contribution in [3.05, 3.63) is 29.8 Å². The van der Waals surface area contributed by atoms with E-state index in [1.165, 1.54) is 24.3 Å². The Hall–Kier alpha value is -1.40. The molecule has 0 aliphatic carbocycles. The van der Waals surface area contributed by atoms with Gasteiger partial charge in [0.15, 0.2) is 0 Å². The summed E-state index contributed by atoms with van der Waals surface area (Å²) in [5.74, 6) is 0.307. The molecule has 118 valence electrons. The van der Waals surface area contributed by atoms with Gasteiger partial charge in [0, 0.05) is 12.1 Å². The van der Waals surface area contributed by atoms with Crippen LogP contribution < -0.4 is 15.4 Å². The maximum absolute atomic E-state index is 12.0. The molecule has 4 nitrogen and oxygen atoms in total. The maximum atomic E-state index is 12.0.